The second kappa shape index (κ2) is 8.94. The van der Waals surface area contributed by atoms with Gasteiger partial charge >= 0.3 is 0 Å². The minimum atomic E-state index is -0.249. The number of nitrogens with one attached hydrogen (secondary N) is 1. The first-order chi connectivity index (χ1) is 13.2. The molecule has 0 aliphatic heterocycles. The zero-order chi connectivity index (χ0) is 19.1. The van der Waals surface area contributed by atoms with Crippen molar-refractivity contribution in [3.63, 3.8) is 0 Å². The van der Waals surface area contributed by atoms with Gasteiger partial charge in [0.05, 0.1) is 12.4 Å². The molecule has 1 N–H and O–H groups in total. The highest BCUT2D eigenvalue weighted by atomic mass is 16.1. The lowest BCUT2D eigenvalue weighted by atomic mass is 10.1. The van der Waals surface area contributed by atoms with Crippen LogP contribution in [0.15, 0.2) is 67.0 Å². The number of hydrogen-bond acceptors (Lipinski definition) is 4. The van der Waals surface area contributed by atoms with Crippen LogP contribution in [0, 0.1) is 0 Å². The number of aryl methyl sites for hydroxylation is 1. The van der Waals surface area contributed by atoms with Gasteiger partial charge < -0.3 is 10.2 Å². The van der Waals surface area contributed by atoms with Gasteiger partial charge in [-0.2, -0.15) is 0 Å². The van der Waals surface area contributed by atoms with Crippen LogP contribution in [0.25, 0.3) is 0 Å². The Bertz CT molecular complexity index is 878. The van der Waals surface area contributed by atoms with Crippen molar-refractivity contribution in [3.8, 4) is 0 Å². The van der Waals surface area contributed by atoms with E-state index in [2.05, 4.69) is 46.2 Å². The molecule has 5 heteroatoms. The summed E-state index contributed by atoms with van der Waals surface area (Å²) in [6.07, 6.45) is 4.05. The summed E-state index contributed by atoms with van der Waals surface area (Å²) >= 11 is 0. The second-order valence-electron chi connectivity index (χ2n) is 6.22. The summed E-state index contributed by atoms with van der Waals surface area (Å²) in [4.78, 5) is 23.4. The zero-order valence-electron chi connectivity index (χ0n) is 15.7. The molecule has 2 aromatic carbocycles. The van der Waals surface area contributed by atoms with Crippen molar-refractivity contribution in [2.75, 3.05) is 16.8 Å². The fourth-order valence-electron chi connectivity index (χ4n) is 2.90. The number of anilines is 2. The Labute approximate surface area is 160 Å². The molecule has 1 aromatic heterocycles. The van der Waals surface area contributed by atoms with Gasteiger partial charge in [-0.25, -0.2) is 9.97 Å². The Morgan fingerprint density at radius 3 is 2.37 bits per heavy atom. The maximum atomic E-state index is 12.5. The molecule has 1 heterocycles. The Balaban J connectivity index is 1.71. The molecule has 5 nitrogen and oxygen atoms in total. The Hall–Kier alpha value is -3.21. The SMILES string of the molecule is CCc1ccccc1NC(=O)c1cnc(N(CC)Cc2ccccc2)cn1. The number of hydrogen-bond donors (Lipinski definition) is 1. The molecule has 3 rings (SSSR count). The molecule has 0 radical (unpaired) electrons. The quantitative estimate of drug-likeness (QED) is 0.682. The first-order valence-electron chi connectivity index (χ1n) is 9.21. The highest BCUT2D eigenvalue weighted by Gasteiger charge is 2.12. The van der Waals surface area contributed by atoms with E-state index in [9.17, 15) is 4.79 Å². The number of benzene rings is 2. The van der Waals surface area contributed by atoms with Gasteiger partial charge in [-0.05, 0) is 30.5 Å². The van der Waals surface area contributed by atoms with Crippen molar-refractivity contribution in [1.29, 1.82) is 0 Å². The molecule has 27 heavy (non-hydrogen) atoms. The van der Waals surface area contributed by atoms with E-state index in [4.69, 9.17) is 0 Å². The third kappa shape index (κ3) is 4.70. The van der Waals surface area contributed by atoms with Crippen LogP contribution in [-0.2, 0) is 13.0 Å². The topological polar surface area (TPSA) is 58.1 Å². The summed E-state index contributed by atoms with van der Waals surface area (Å²) in [5, 5.41) is 2.93. The number of carbonyl (C=O) groups excluding carboxylic acids is 1. The summed E-state index contributed by atoms with van der Waals surface area (Å²) in [6, 6.07) is 18.0. The maximum Gasteiger partial charge on any atom is 0.275 e. The molecule has 0 bridgehead atoms. The summed E-state index contributed by atoms with van der Waals surface area (Å²) in [7, 11) is 0. The van der Waals surface area contributed by atoms with E-state index in [0.29, 0.717) is 5.69 Å². The summed E-state index contributed by atoms with van der Waals surface area (Å²) < 4.78 is 0. The molecule has 0 aliphatic rings. The highest BCUT2D eigenvalue weighted by Crippen LogP contribution is 2.17. The van der Waals surface area contributed by atoms with E-state index >= 15 is 0 Å². The van der Waals surface area contributed by atoms with Gasteiger partial charge in [0.15, 0.2) is 0 Å². The molecular formula is C22H24N4O. The number of carbonyl (C=O) groups is 1. The molecule has 0 aliphatic carbocycles. The Morgan fingerprint density at radius 2 is 1.70 bits per heavy atom. The van der Waals surface area contributed by atoms with Crippen molar-refractivity contribution in [2.45, 2.75) is 26.8 Å². The number of aromatic nitrogens is 2. The number of nitrogens with zero attached hydrogens (tertiary/aromatic N) is 3. The van der Waals surface area contributed by atoms with Crippen molar-refractivity contribution in [2.24, 2.45) is 0 Å². The van der Waals surface area contributed by atoms with Gasteiger partial charge in [0, 0.05) is 18.8 Å². The zero-order valence-corrected chi connectivity index (χ0v) is 15.7. The predicted octanol–water partition coefficient (Wildman–Crippen LogP) is 4.32. The number of rotatable bonds is 7. The Kier molecular flexibility index (Phi) is 6.15. The van der Waals surface area contributed by atoms with Gasteiger partial charge in [0.2, 0.25) is 0 Å². The molecule has 3 aromatic rings. The maximum absolute atomic E-state index is 12.5. The van der Waals surface area contributed by atoms with Gasteiger partial charge in [0.1, 0.15) is 11.5 Å². The van der Waals surface area contributed by atoms with E-state index in [1.165, 1.54) is 11.8 Å². The van der Waals surface area contributed by atoms with Gasteiger partial charge in [-0.15, -0.1) is 0 Å². The molecule has 1 amide bonds. The molecule has 0 fully saturated rings. The molecule has 0 atom stereocenters. The summed E-state index contributed by atoms with van der Waals surface area (Å²) in [5.74, 6) is 0.507. The molecule has 0 saturated heterocycles. The lowest BCUT2D eigenvalue weighted by Gasteiger charge is -2.21. The van der Waals surface area contributed by atoms with E-state index in [1.807, 2.05) is 42.5 Å². The molecular weight excluding hydrogens is 336 g/mol. The van der Waals surface area contributed by atoms with E-state index in [-0.39, 0.29) is 5.91 Å². The van der Waals surface area contributed by atoms with Crippen molar-refractivity contribution in [1.82, 2.24) is 9.97 Å². The fraction of sp³-hybridized carbons (Fsp3) is 0.227. The largest absolute Gasteiger partial charge is 0.351 e. The van der Waals surface area contributed by atoms with Crippen LogP contribution >= 0.6 is 0 Å². The van der Waals surface area contributed by atoms with E-state index in [0.717, 1.165) is 36.6 Å². The van der Waals surface area contributed by atoms with Crippen LogP contribution in [0.2, 0.25) is 0 Å². The van der Waals surface area contributed by atoms with Crippen LogP contribution in [0.3, 0.4) is 0 Å². The van der Waals surface area contributed by atoms with Gasteiger partial charge in [-0.3, -0.25) is 4.79 Å². The van der Waals surface area contributed by atoms with Crippen molar-refractivity contribution >= 4 is 17.4 Å². The van der Waals surface area contributed by atoms with E-state index < -0.39 is 0 Å². The monoisotopic (exact) mass is 360 g/mol. The standard InChI is InChI=1S/C22H24N4O/c1-3-18-12-8-9-13-19(18)25-22(27)20-14-24-21(15-23-20)26(4-2)16-17-10-6-5-7-11-17/h5-15H,3-4,16H2,1-2H3,(H,25,27). The lowest BCUT2D eigenvalue weighted by Crippen LogP contribution is -2.24. The molecule has 0 spiro atoms. The first kappa shape index (κ1) is 18.6. The van der Waals surface area contributed by atoms with Crippen LogP contribution < -0.4 is 10.2 Å². The number of amides is 1. The fourth-order valence-corrected chi connectivity index (χ4v) is 2.90. The van der Waals surface area contributed by atoms with Crippen LogP contribution in [-0.4, -0.2) is 22.4 Å². The average Bonchev–Trinajstić information content (AvgIpc) is 2.73. The summed E-state index contributed by atoms with van der Waals surface area (Å²) in [6.45, 7) is 5.69. The minimum Gasteiger partial charge on any atom is -0.351 e. The Morgan fingerprint density at radius 1 is 0.963 bits per heavy atom. The third-order valence-corrected chi connectivity index (χ3v) is 4.44. The van der Waals surface area contributed by atoms with Gasteiger partial charge in [-0.1, -0.05) is 55.5 Å². The van der Waals surface area contributed by atoms with E-state index in [1.54, 1.807) is 6.20 Å². The third-order valence-electron chi connectivity index (χ3n) is 4.44. The smallest absolute Gasteiger partial charge is 0.275 e. The van der Waals surface area contributed by atoms with Crippen LogP contribution in [0.1, 0.15) is 35.5 Å². The molecule has 138 valence electrons. The van der Waals surface area contributed by atoms with Crippen LogP contribution in [0.4, 0.5) is 11.5 Å². The lowest BCUT2D eigenvalue weighted by molar-refractivity contribution is 0.102. The predicted molar refractivity (Wildman–Crippen MR) is 109 cm³/mol. The normalized spacial score (nSPS) is 10.4. The average molecular weight is 360 g/mol. The molecule has 0 unspecified atom stereocenters. The molecule has 0 saturated carbocycles. The first-order valence-corrected chi connectivity index (χ1v) is 9.21. The highest BCUT2D eigenvalue weighted by molar-refractivity contribution is 6.03. The minimum absolute atomic E-state index is 0.249. The van der Waals surface area contributed by atoms with Crippen LogP contribution in [0.5, 0.6) is 0 Å². The van der Waals surface area contributed by atoms with Crippen molar-refractivity contribution in [3.05, 3.63) is 83.8 Å². The summed E-state index contributed by atoms with van der Waals surface area (Å²) in [5.41, 5.74) is 3.42. The van der Waals surface area contributed by atoms with Gasteiger partial charge in [0.25, 0.3) is 5.91 Å². The number of para-hydroxylation sites is 1. The van der Waals surface area contributed by atoms with Crippen molar-refractivity contribution < 1.29 is 4.79 Å². The second-order valence-corrected chi connectivity index (χ2v) is 6.22.